The summed E-state index contributed by atoms with van der Waals surface area (Å²) in [6.45, 7) is 1.57. The summed E-state index contributed by atoms with van der Waals surface area (Å²) in [5.74, 6) is -0.640. The van der Waals surface area contributed by atoms with Crippen LogP contribution in [0.4, 0.5) is 4.39 Å². The molecule has 1 aliphatic carbocycles. The molecule has 1 aliphatic heterocycles. The summed E-state index contributed by atoms with van der Waals surface area (Å²) in [6.07, 6.45) is 0.781. The molecule has 6 nitrogen and oxygen atoms in total. The fourth-order valence-electron chi connectivity index (χ4n) is 3.55. The maximum absolute atomic E-state index is 13.2. The summed E-state index contributed by atoms with van der Waals surface area (Å²) >= 11 is 0. The van der Waals surface area contributed by atoms with E-state index in [0.717, 1.165) is 6.42 Å². The fourth-order valence-corrected chi connectivity index (χ4v) is 3.55. The van der Waals surface area contributed by atoms with Crippen molar-refractivity contribution in [3.63, 3.8) is 0 Å². The standard InChI is InChI=1S/C17H22FN3O3/c18-12-3-1-2-11(8-12)9-15(22)20-13-4-5-14(17(13)24)21-7-6-19-16(23)10-21/h1-3,8,13-14,17,24H,4-7,9-10H2,(H,19,23)(H,20,22)/t13-,14-,17-/m1/s1. The molecule has 1 aromatic rings. The van der Waals surface area contributed by atoms with E-state index in [1.807, 2.05) is 4.90 Å². The molecule has 0 bridgehead atoms. The van der Waals surface area contributed by atoms with Crippen LogP contribution in [0.3, 0.4) is 0 Å². The van der Waals surface area contributed by atoms with E-state index in [1.165, 1.54) is 12.1 Å². The van der Waals surface area contributed by atoms with E-state index in [1.54, 1.807) is 12.1 Å². The molecule has 2 aliphatic rings. The summed E-state index contributed by atoms with van der Waals surface area (Å²) in [7, 11) is 0. The van der Waals surface area contributed by atoms with Crippen molar-refractivity contribution in [1.82, 2.24) is 15.5 Å². The van der Waals surface area contributed by atoms with Crippen LogP contribution in [0.5, 0.6) is 0 Å². The molecule has 0 spiro atoms. The number of aliphatic hydroxyl groups excluding tert-OH is 1. The molecule has 7 heteroatoms. The second-order valence-corrected chi connectivity index (χ2v) is 6.44. The van der Waals surface area contributed by atoms with Crippen molar-refractivity contribution in [2.75, 3.05) is 19.6 Å². The SMILES string of the molecule is O=C1CN([C@@H]2CC[C@@H](NC(=O)Cc3cccc(F)c3)[C@H]2O)CCN1. The lowest BCUT2D eigenvalue weighted by atomic mass is 10.1. The van der Waals surface area contributed by atoms with Crippen LogP contribution in [0.15, 0.2) is 24.3 Å². The number of amides is 2. The highest BCUT2D eigenvalue weighted by atomic mass is 19.1. The molecule has 1 saturated heterocycles. The van der Waals surface area contributed by atoms with E-state index in [-0.39, 0.29) is 42.7 Å². The van der Waals surface area contributed by atoms with Crippen LogP contribution in [-0.2, 0) is 16.0 Å². The topological polar surface area (TPSA) is 81.7 Å². The van der Waals surface area contributed by atoms with Crippen LogP contribution in [0, 0.1) is 5.82 Å². The van der Waals surface area contributed by atoms with Gasteiger partial charge in [0.1, 0.15) is 5.82 Å². The number of carbonyl (C=O) groups excluding carboxylic acids is 2. The minimum atomic E-state index is -0.702. The third kappa shape index (κ3) is 3.91. The van der Waals surface area contributed by atoms with Crippen LogP contribution in [0.25, 0.3) is 0 Å². The second-order valence-electron chi connectivity index (χ2n) is 6.44. The number of aliphatic hydroxyl groups is 1. The molecule has 130 valence electrons. The van der Waals surface area contributed by atoms with Crippen LogP contribution < -0.4 is 10.6 Å². The number of carbonyl (C=O) groups is 2. The molecule has 3 rings (SSSR count). The smallest absolute Gasteiger partial charge is 0.234 e. The third-order valence-electron chi connectivity index (χ3n) is 4.72. The van der Waals surface area contributed by atoms with Crippen LogP contribution in [0.1, 0.15) is 18.4 Å². The Kier molecular flexibility index (Phi) is 5.11. The minimum Gasteiger partial charge on any atom is -0.389 e. The Morgan fingerprint density at radius 3 is 3.00 bits per heavy atom. The van der Waals surface area contributed by atoms with Crippen molar-refractivity contribution in [3.8, 4) is 0 Å². The van der Waals surface area contributed by atoms with Gasteiger partial charge in [0, 0.05) is 19.1 Å². The number of piperazine rings is 1. The van der Waals surface area contributed by atoms with Crippen LogP contribution >= 0.6 is 0 Å². The van der Waals surface area contributed by atoms with E-state index < -0.39 is 6.10 Å². The molecule has 0 aromatic heterocycles. The average Bonchev–Trinajstić information content (AvgIpc) is 2.88. The van der Waals surface area contributed by atoms with Gasteiger partial charge in [0.2, 0.25) is 11.8 Å². The highest BCUT2D eigenvalue weighted by molar-refractivity contribution is 5.79. The minimum absolute atomic E-state index is 0.0351. The number of hydrogen-bond donors (Lipinski definition) is 3. The molecule has 0 unspecified atom stereocenters. The molecule has 1 heterocycles. The largest absolute Gasteiger partial charge is 0.389 e. The van der Waals surface area contributed by atoms with Crippen molar-refractivity contribution in [2.24, 2.45) is 0 Å². The average molecular weight is 335 g/mol. The Morgan fingerprint density at radius 2 is 2.25 bits per heavy atom. The van der Waals surface area contributed by atoms with Gasteiger partial charge >= 0.3 is 0 Å². The van der Waals surface area contributed by atoms with E-state index in [4.69, 9.17) is 0 Å². The van der Waals surface area contributed by atoms with Crippen molar-refractivity contribution in [2.45, 2.75) is 37.5 Å². The lowest BCUT2D eigenvalue weighted by molar-refractivity contribution is -0.126. The maximum atomic E-state index is 13.2. The zero-order chi connectivity index (χ0) is 17.1. The van der Waals surface area contributed by atoms with E-state index in [9.17, 15) is 19.1 Å². The summed E-state index contributed by atoms with van der Waals surface area (Å²) in [5, 5.41) is 16.1. The molecule has 1 saturated carbocycles. The zero-order valence-corrected chi connectivity index (χ0v) is 13.4. The Labute approximate surface area is 140 Å². The third-order valence-corrected chi connectivity index (χ3v) is 4.72. The lowest BCUT2D eigenvalue weighted by Gasteiger charge is -2.34. The van der Waals surface area contributed by atoms with Crippen molar-refractivity contribution < 1.29 is 19.1 Å². The van der Waals surface area contributed by atoms with Gasteiger partial charge < -0.3 is 15.7 Å². The lowest BCUT2D eigenvalue weighted by Crippen LogP contribution is -2.55. The predicted octanol–water partition coefficient (Wildman–Crippen LogP) is -0.192. The second kappa shape index (κ2) is 7.27. The molecule has 1 aromatic carbocycles. The predicted molar refractivity (Wildman–Crippen MR) is 85.6 cm³/mol. The van der Waals surface area contributed by atoms with Gasteiger partial charge in [-0.3, -0.25) is 14.5 Å². The van der Waals surface area contributed by atoms with Gasteiger partial charge in [-0.1, -0.05) is 12.1 Å². The fraction of sp³-hybridized carbons (Fsp3) is 0.529. The molecule has 3 N–H and O–H groups in total. The quantitative estimate of drug-likeness (QED) is 0.712. The molecular weight excluding hydrogens is 313 g/mol. The van der Waals surface area contributed by atoms with Gasteiger partial charge in [-0.2, -0.15) is 0 Å². The maximum Gasteiger partial charge on any atom is 0.234 e. The summed E-state index contributed by atoms with van der Waals surface area (Å²) < 4.78 is 13.2. The first-order chi connectivity index (χ1) is 11.5. The van der Waals surface area contributed by atoms with Gasteiger partial charge in [0.15, 0.2) is 0 Å². The highest BCUT2D eigenvalue weighted by Gasteiger charge is 2.40. The number of nitrogens with zero attached hydrogens (tertiary/aromatic N) is 1. The van der Waals surface area contributed by atoms with Crippen molar-refractivity contribution >= 4 is 11.8 Å². The number of benzene rings is 1. The van der Waals surface area contributed by atoms with E-state index >= 15 is 0 Å². The normalized spacial score (nSPS) is 27.8. The molecule has 2 fully saturated rings. The number of hydrogen-bond acceptors (Lipinski definition) is 4. The Morgan fingerprint density at radius 1 is 1.42 bits per heavy atom. The van der Waals surface area contributed by atoms with Gasteiger partial charge in [-0.15, -0.1) is 0 Å². The van der Waals surface area contributed by atoms with Gasteiger partial charge in [-0.05, 0) is 30.5 Å². The van der Waals surface area contributed by atoms with Gasteiger partial charge in [0.05, 0.1) is 25.1 Å². The van der Waals surface area contributed by atoms with Crippen LogP contribution in [0.2, 0.25) is 0 Å². The number of halogens is 1. The highest BCUT2D eigenvalue weighted by Crippen LogP contribution is 2.25. The Hall–Kier alpha value is -1.99. The Bertz CT molecular complexity index is 625. The van der Waals surface area contributed by atoms with Crippen molar-refractivity contribution in [1.29, 1.82) is 0 Å². The molecule has 0 radical (unpaired) electrons. The summed E-state index contributed by atoms with van der Waals surface area (Å²) in [5.41, 5.74) is 0.601. The first kappa shape index (κ1) is 16.9. The number of rotatable bonds is 4. The van der Waals surface area contributed by atoms with Gasteiger partial charge in [-0.25, -0.2) is 4.39 Å². The summed E-state index contributed by atoms with van der Waals surface area (Å²) in [4.78, 5) is 25.6. The molecule has 3 atom stereocenters. The van der Waals surface area contributed by atoms with Gasteiger partial charge in [0.25, 0.3) is 0 Å². The monoisotopic (exact) mass is 335 g/mol. The van der Waals surface area contributed by atoms with E-state index in [2.05, 4.69) is 10.6 Å². The first-order valence-electron chi connectivity index (χ1n) is 8.25. The van der Waals surface area contributed by atoms with Crippen molar-refractivity contribution in [3.05, 3.63) is 35.6 Å². The first-order valence-corrected chi connectivity index (χ1v) is 8.25. The molecular formula is C17H22FN3O3. The Balaban J connectivity index is 1.54. The van der Waals surface area contributed by atoms with Crippen LogP contribution in [-0.4, -0.2) is 59.6 Å². The number of nitrogens with one attached hydrogen (secondary N) is 2. The van der Waals surface area contributed by atoms with E-state index in [0.29, 0.717) is 25.1 Å². The molecule has 2 amide bonds. The summed E-state index contributed by atoms with van der Waals surface area (Å²) in [6, 6.07) is 5.49. The zero-order valence-electron chi connectivity index (χ0n) is 13.4. The molecule has 24 heavy (non-hydrogen) atoms.